The Kier molecular flexibility index (Phi) is 11.4. The number of fused-ring (bicyclic) bond motifs is 1. The van der Waals surface area contributed by atoms with Crippen LogP contribution in [-0.4, -0.2) is 102 Å². The highest BCUT2D eigenvalue weighted by atomic mass is 32.2. The van der Waals surface area contributed by atoms with Gasteiger partial charge >= 0.3 is 18.2 Å². The number of carboxylic acids is 1. The second-order valence-electron chi connectivity index (χ2n) is 13.2. The second-order valence-corrected chi connectivity index (χ2v) is 14.5. The number of thioether (sulfide) groups is 1. The summed E-state index contributed by atoms with van der Waals surface area (Å²) < 4.78 is 11.0. The van der Waals surface area contributed by atoms with Crippen LogP contribution in [0.4, 0.5) is 21.0 Å². The number of benzene rings is 2. The maximum Gasteiger partial charge on any atom is 0.410 e. The number of carbonyl (C=O) groups is 4. The minimum atomic E-state index is -1.26. The third-order valence-electron chi connectivity index (χ3n) is 9.80. The van der Waals surface area contributed by atoms with Gasteiger partial charge in [-0.25, -0.2) is 14.4 Å². The molecule has 0 radical (unpaired) electrons. The lowest BCUT2D eigenvalue weighted by atomic mass is 9.79. The van der Waals surface area contributed by atoms with Gasteiger partial charge in [-0.15, -0.1) is 11.8 Å². The van der Waals surface area contributed by atoms with Crippen molar-refractivity contribution in [2.75, 3.05) is 13.6 Å². The van der Waals surface area contributed by atoms with Gasteiger partial charge in [-0.1, -0.05) is 6.92 Å². The van der Waals surface area contributed by atoms with Gasteiger partial charge in [0.25, 0.3) is 11.4 Å². The maximum atomic E-state index is 13.6. The number of carboxylic acid groups (broad SMARTS) is 1. The van der Waals surface area contributed by atoms with E-state index in [4.69, 9.17) is 9.47 Å². The summed E-state index contributed by atoms with van der Waals surface area (Å²) in [5.41, 5.74) is 0.762. The summed E-state index contributed by atoms with van der Waals surface area (Å²) >= 11 is 1.28. The van der Waals surface area contributed by atoms with Crippen molar-refractivity contribution in [3.8, 4) is 0 Å². The molecule has 3 heterocycles. The molecule has 2 saturated heterocycles. The number of aliphatic carboxylic acids is 1. The van der Waals surface area contributed by atoms with Crippen LogP contribution in [0.15, 0.2) is 59.1 Å². The molecule has 2 N–H and O–H groups in total. The van der Waals surface area contributed by atoms with Crippen LogP contribution < -0.4 is 0 Å². The molecule has 2 fully saturated rings. The molecule has 278 valence electrons. The molecule has 0 aromatic heterocycles. The predicted octanol–water partition coefficient (Wildman–Crippen LogP) is 4.52. The van der Waals surface area contributed by atoms with E-state index >= 15 is 0 Å². The standard InChI is InChI=1S/C34H39N5O12S/c1-18(35(4)33(44)50-16-21-5-9-23(10-6-21)38(46)47)13-25-14-26(15-36(25)34(45)51-17-22-7-11-24(12-8-22)39(48)49)52-30-19(2)28-27(20(3)40)31(41)37(28)29(30)32(42)43/h5-12,18-20,25-28,40H,13-17H2,1-4H3,(H,42,43)/t18?,19-,20-,25-,26+,27-,28-/m1/s1. The van der Waals surface area contributed by atoms with Crippen molar-refractivity contribution >= 4 is 47.2 Å². The fourth-order valence-electron chi connectivity index (χ4n) is 6.90. The van der Waals surface area contributed by atoms with E-state index in [1.807, 2.05) is 6.92 Å². The topological polar surface area (TPSA) is 223 Å². The molecule has 18 heteroatoms. The van der Waals surface area contributed by atoms with Gasteiger partial charge in [0.05, 0.1) is 27.9 Å². The quantitative estimate of drug-likeness (QED) is 0.164. The number of non-ortho nitro benzene ring substituents is 2. The number of amides is 3. The van der Waals surface area contributed by atoms with Gasteiger partial charge in [-0.2, -0.15) is 0 Å². The van der Waals surface area contributed by atoms with Crippen molar-refractivity contribution in [1.29, 1.82) is 0 Å². The summed E-state index contributed by atoms with van der Waals surface area (Å²) in [6, 6.07) is 9.78. The molecular formula is C34H39N5O12S. The van der Waals surface area contributed by atoms with Crippen LogP contribution in [-0.2, 0) is 32.3 Å². The molecule has 0 aliphatic carbocycles. The normalized spacial score (nSPS) is 23.4. The summed E-state index contributed by atoms with van der Waals surface area (Å²) in [5, 5.41) is 42.0. The van der Waals surface area contributed by atoms with Gasteiger partial charge in [0, 0.05) is 66.0 Å². The number of likely N-dealkylation sites (tertiary alicyclic amines) is 1. The molecule has 1 unspecified atom stereocenters. The molecule has 0 spiro atoms. The molecule has 2 aromatic rings. The van der Waals surface area contributed by atoms with Gasteiger partial charge in [0.1, 0.15) is 18.9 Å². The zero-order valence-electron chi connectivity index (χ0n) is 28.8. The molecule has 0 saturated carbocycles. The van der Waals surface area contributed by atoms with Gasteiger partial charge in [-0.3, -0.25) is 25.0 Å². The third kappa shape index (κ3) is 7.81. The molecule has 3 aliphatic rings. The highest BCUT2D eigenvalue weighted by molar-refractivity contribution is 8.03. The lowest BCUT2D eigenvalue weighted by Gasteiger charge is -2.46. The van der Waals surface area contributed by atoms with Crippen LogP contribution in [0, 0.1) is 32.1 Å². The van der Waals surface area contributed by atoms with Crippen LogP contribution in [0.3, 0.4) is 0 Å². The Hall–Kier alpha value is -5.23. The van der Waals surface area contributed by atoms with E-state index in [0.29, 0.717) is 28.9 Å². The van der Waals surface area contributed by atoms with Crippen molar-refractivity contribution in [3.63, 3.8) is 0 Å². The minimum absolute atomic E-state index is 0.0927. The molecule has 3 aliphatic heterocycles. The van der Waals surface area contributed by atoms with E-state index in [1.54, 1.807) is 14.0 Å². The maximum absolute atomic E-state index is 13.6. The summed E-state index contributed by atoms with van der Waals surface area (Å²) in [4.78, 5) is 77.3. The summed E-state index contributed by atoms with van der Waals surface area (Å²) in [6.45, 7) is 4.99. The summed E-state index contributed by atoms with van der Waals surface area (Å²) in [6.07, 6.45) is -1.58. The monoisotopic (exact) mass is 741 g/mol. The summed E-state index contributed by atoms with van der Waals surface area (Å²) in [5.74, 6) is -2.80. The number of β-lactam (4-membered cyclic amide) rings is 1. The SMILES string of the molecule is CC(C[C@@H]1C[C@H](SC2=C(C(=O)O)N3C(=O)[C@H]([C@@H](C)O)[C@H]3[C@H]2C)CN1C(=O)OCc1ccc([N+](=O)[O-])cc1)N(C)C(=O)OCc1ccc([N+](=O)[O-])cc1. The van der Waals surface area contributed by atoms with Crippen molar-refractivity contribution in [3.05, 3.63) is 90.5 Å². The number of hydrogen-bond acceptors (Lipinski definition) is 12. The van der Waals surface area contributed by atoms with Gasteiger partial charge in [-0.05, 0) is 62.1 Å². The number of aliphatic hydroxyl groups is 1. The lowest BCUT2D eigenvalue weighted by Crippen LogP contribution is -2.63. The van der Waals surface area contributed by atoms with Crippen LogP contribution >= 0.6 is 11.8 Å². The van der Waals surface area contributed by atoms with Crippen molar-refractivity contribution in [2.45, 2.75) is 76.3 Å². The molecule has 17 nitrogen and oxygen atoms in total. The lowest BCUT2D eigenvalue weighted by molar-refractivity contribution is -0.385. The highest BCUT2D eigenvalue weighted by Crippen LogP contribution is 2.52. The Morgan fingerprint density at radius 1 is 0.981 bits per heavy atom. The fourth-order valence-corrected chi connectivity index (χ4v) is 8.46. The van der Waals surface area contributed by atoms with Crippen molar-refractivity contribution in [2.24, 2.45) is 11.8 Å². The van der Waals surface area contributed by atoms with Gasteiger partial charge in [0.15, 0.2) is 0 Å². The Balaban J connectivity index is 1.29. The first-order valence-electron chi connectivity index (χ1n) is 16.5. The number of aliphatic hydroxyl groups excluding tert-OH is 1. The molecule has 0 bridgehead atoms. The number of hydrogen-bond donors (Lipinski definition) is 2. The first-order valence-corrected chi connectivity index (χ1v) is 17.4. The third-order valence-corrected chi connectivity index (χ3v) is 11.3. The molecule has 52 heavy (non-hydrogen) atoms. The van der Waals surface area contributed by atoms with E-state index < -0.39 is 64.1 Å². The number of nitro benzene ring substituents is 2. The molecule has 3 amide bonds. The zero-order valence-corrected chi connectivity index (χ0v) is 29.6. The first-order chi connectivity index (χ1) is 24.6. The predicted molar refractivity (Wildman–Crippen MR) is 185 cm³/mol. The van der Waals surface area contributed by atoms with Crippen LogP contribution in [0.25, 0.3) is 0 Å². The van der Waals surface area contributed by atoms with Crippen LogP contribution in [0.5, 0.6) is 0 Å². The van der Waals surface area contributed by atoms with E-state index in [0.717, 1.165) is 0 Å². The van der Waals surface area contributed by atoms with E-state index in [-0.39, 0.29) is 48.0 Å². The van der Waals surface area contributed by atoms with E-state index in [1.165, 1.54) is 81.9 Å². The average molecular weight is 742 g/mol. The number of carbonyl (C=O) groups excluding carboxylic acids is 3. The van der Waals surface area contributed by atoms with E-state index in [2.05, 4.69) is 0 Å². The molecular weight excluding hydrogens is 702 g/mol. The molecule has 2 aromatic carbocycles. The van der Waals surface area contributed by atoms with Crippen LogP contribution in [0.1, 0.15) is 44.7 Å². The smallest absolute Gasteiger partial charge is 0.410 e. The van der Waals surface area contributed by atoms with E-state index in [9.17, 15) is 49.6 Å². The second kappa shape index (κ2) is 15.6. The molecule has 5 rings (SSSR count). The minimum Gasteiger partial charge on any atom is -0.477 e. The number of nitro groups is 2. The Bertz CT molecular complexity index is 1770. The largest absolute Gasteiger partial charge is 0.477 e. The summed E-state index contributed by atoms with van der Waals surface area (Å²) in [7, 11) is 1.55. The van der Waals surface area contributed by atoms with Crippen molar-refractivity contribution < 1.29 is 48.7 Å². The number of rotatable bonds is 13. The molecule has 7 atom stereocenters. The Morgan fingerprint density at radius 2 is 1.52 bits per heavy atom. The van der Waals surface area contributed by atoms with Gasteiger partial charge in [0.2, 0.25) is 5.91 Å². The first kappa shape index (κ1) is 38.0. The van der Waals surface area contributed by atoms with Crippen LogP contribution in [0.2, 0.25) is 0 Å². The van der Waals surface area contributed by atoms with Crippen molar-refractivity contribution in [1.82, 2.24) is 14.7 Å². The Labute approximate surface area is 302 Å². The number of nitrogens with zero attached hydrogens (tertiary/aromatic N) is 5. The fraction of sp³-hybridized carbons (Fsp3) is 0.471. The van der Waals surface area contributed by atoms with Gasteiger partial charge < -0.3 is 34.4 Å². The zero-order chi connectivity index (χ0) is 38.0. The Morgan fingerprint density at radius 3 is 2.02 bits per heavy atom. The number of ether oxygens (including phenoxy) is 2. The highest BCUT2D eigenvalue weighted by Gasteiger charge is 2.60. The average Bonchev–Trinajstić information content (AvgIpc) is 3.61.